The first-order valence-electron chi connectivity index (χ1n) is 17.3. The molecule has 0 radical (unpaired) electrons. The molecule has 1 saturated carbocycles. The van der Waals surface area contributed by atoms with Crippen LogP contribution in [0.1, 0.15) is 70.3 Å². The molecule has 0 bridgehead atoms. The SMILES string of the molecule is CC(C)OC(=O)c1cc(-n2c(=O)cc(C(F)(F)F)n(C)c2=O)ccc1Cl.CS(=O)(=O)c1cc(Cl)ccc1C(=O)c1cnoc1C1CC1.C[S+](C)C.O=C(O)CNCP(=O)([O-])O. The van der Waals surface area contributed by atoms with E-state index in [1.165, 1.54) is 36.5 Å². The molecule has 2 aromatic carbocycles. The average molecular weight is 962 g/mol. The van der Waals surface area contributed by atoms with E-state index in [0.29, 0.717) is 37.4 Å². The van der Waals surface area contributed by atoms with Crippen molar-refractivity contribution < 1.29 is 64.7 Å². The molecule has 17 nitrogen and oxygen atoms in total. The Labute approximate surface area is 360 Å². The van der Waals surface area contributed by atoms with Crippen molar-refractivity contribution in [2.75, 3.05) is 37.9 Å². The lowest BCUT2D eigenvalue weighted by molar-refractivity contribution is -0.193. The van der Waals surface area contributed by atoms with Crippen LogP contribution in [0.2, 0.25) is 10.0 Å². The standard InChI is InChI=1S/C16H14ClF3N2O4.C14H12ClNO4S.C3H8NO5P.C3H9S/c1-8(2)26-14(24)10-6-9(4-5-11(10)17)22-13(23)7-12(16(18,19)20)21(3)15(22)25;1-21(18,19)12-6-9(15)4-5-10(12)13(17)11-7-16-20-14(11)8-2-3-8;5-3(6)1-4-2-10(7,8)9;1-4(2)3/h4-8H,1-3H3;4-8H,2-3H2,1H3;4H,1-2H2,(H,5,6)(H2,7,8,9);1-3H3/q;;;+1/p-1. The second-order valence-electron chi connectivity index (χ2n) is 13.6. The fraction of sp³-hybridized carbons (Fsp3) is 0.389. The van der Waals surface area contributed by atoms with Gasteiger partial charge in [0.15, 0.2) is 21.4 Å². The van der Waals surface area contributed by atoms with Crippen LogP contribution in [0.15, 0.2) is 67.7 Å². The normalized spacial score (nSPS) is 13.4. The first-order chi connectivity index (χ1) is 28.0. The molecule has 1 unspecified atom stereocenters. The number of nitrogens with one attached hydrogen (secondary N) is 1. The molecular formula is C36H42Cl2F3N4O13PS2. The van der Waals surface area contributed by atoms with Gasteiger partial charge in [-0.25, -0.2) is 22.6 Å². The van der Waals surface area contributed by atoms with Gasteiger partial charge in [0.05, 0.1) is 70.6 Å². The first-order valence-corrected chi connectivity index (χ1v) is 24.2. The monoisotopic (exact) mass is 960 g/mol. The lowest BCUT2D eigenvalue weighted by Crippen LogP contribution is -2.40. The molecule has 2 aromatic heterocycles. The van der Waals surface area contributed by atoms with E-state index in [1.807, 2.05) is 5.32 Å². The molecule has 4 aromatic rings. The van der Waals surface area contributed by atoms with Crippen LogP contribution in [0.25, 0.3) is 5.69 Å². The number of carbonyl (C=O) groups is 3. The lowest BCUT2D eigenvalue weighted by atomic mass is 10.0. The van der Waals surface area contributed by atoms with Crippen LogP contribution in [-0.2, 0) is 48.1 Å². The summed E-state index contributed by atoms with van der Waals surface area (Å²) in [6.45, 7) is 2.75. The van der Waals surface area contributed by atoms with Crippen LogP contribution in [0.3, 0.4) is 0 Å². The number of aromatic nitrogens is 3. The Hall–Kier alpha value is -4.28. The van der Waals surface area contributed by atoms with Gasteiger partial charge in [-0.15, -0.1) is 0 Å². The van der Waals surface area contributed by atoms with E-state index in [9.17, 15) is 55.0 Å². The average Bonchev–Trinajstić information content (AvgIpc) is 3.84. The molecule has 1 aliphatic carbocycles. The van der Waals surface area contributed by atoms with Gasteiger partial charge in [-0.3, -0.25) is 24.3 Å². The fourth-order valence-corrected chi connectivity index (χ4v) is 6.45. The number of hydrogen-bond donors (Lipinski definition) is 3. The number of carboxylic acid groups (broad SMARTS) is 1. The van der Waals surface area contributed by atoms with Crippen molar-refractivity contribution in [3.63, 3.8) is 0 Å². The van der Waals surface area contributed by atoms with E-state index < -0.39 is 77.2 Å². The molecule has 1 aliphatic rings. The summed E-state index contributed by atoms with van der Waals surface area (Å²) in [6.07, 6.45) is 4.87. The second-order valence-corrected chi connectivity index (χ2v) is 20.5. The zero-order chi connectivity index (χ0) is 46.8. The summed E-state index contributed by atoms with van der Waals surface area (Å²) < 4.78 is 83.3. The summed E-state index contributed by atoms with van der Waals surface area (Å²) >= 11 is 11.8. The van der Waals surface area contributed by atoms with Gasteiger partial charge >= 0.3 is 23.8 Å². The Morgan fingerprint density at radius 2 is 1.66 bits per heavy atom. The molecule has 1 fully saturated rings. The summed E-state index contributed by atoms with van der Waals surface area (Å²) in [4.78, 5) is 76.8. The Balaban J connectivity index is 0.000000326. The first kappa shape index (κ1) is 52.9. The second kappa shape index (κ2) is 22.2. The summed E-state index contributed by atoms with van der Waals surface area (Å²) in [6, 6.07) is 8.11. The highest BCUT2D eigenvalue weighted by molar-refractivity contribution is 7.94. The van der Waals surface area contributed by atoms with E-state index in [0.717, 1.165) is 32.2 Å². The topological polar surface area (TPSA) is 257 Å². The van der Waals surface area contributed by atoms with Crippen LogP contribution in [0.4, 0.5) is 13.2 Å². The number of alkyl halides is 3. The van der Waals surface area contributed by atoms with Crippen molar-refractivity contribution in [2.45, 2.75) is 49.8 Å². The third-order valence-electron chi connectivity index (χ3n) is 7.35. The lowest BCUT2D eigenvalue weighted by Gasteiger charge is -2.15. The molecular weight excluding hydrogens is 919 g/mol. The Bertz CT molecular complexity index is 2500. The molecule has 2 heterocycles. The molecule has 0 amide bonds. The summed E-state index contributed by atoms with van der Waals surface area (Å²) in [5.41, 5.74) is -3.59. The van der Waals surface area contributed by atoms with Gasteiger partial charge in [0.1, 0.15) is 13.3 Å². The van der Waals surface area contributed by atoms with Crippen molar-refractivity contribution in [3.8, 4) is 5.69 Å². The molecule has 0 saturated heterocycles. The van der Waals surface area contributed by atoms with E-state index in [-0.39, 0.29) is 37.7 Å². The smallest absolute Gasteiger partial charge is 0.431 e. The number of sulfone groups is 1. The van der Waals surface area contributed by atoms with Crippen molar-refractivity contribution in [2.24, 2.45) is 7.05 Å². The van der Waals surface area contributed by atoms with E-state index >= 15 is 0 Å². The molecule has 0 aliphatic heterocycles. The zero-order valence-corrected chi connectivity index (χ0v) is 37.5. The van der Waals surface area contributed by atoms with Gasteiger partial charge in [0.2, 0.25) is 0 Å². The van der Waals surface area contributed by atoms with Crippen LogP contribution >= 0.6 is 30.8 Å². The number of carbonyl (C=O) groups excluding carboxylic acids is 2. The molecule has 3 N–H and O–H groups in total. The number of carboxylic acids is 1. The van der Waals surface area contributed by atoms with E-state index in [1.54, 1.807) is 13.8 Å². The predicted molar refractivity (Wildman–Crippen MR) is 220 cm³/mol. The molecule has 0 spiro atoms. The largest absolute Gasteiger partial charge is 0.778 e. The summed E-state index contributed by atoms with van der Waals surface area (Å²) in [5, 5.41) is 13.9. The van der Waals surface area contributed by atoms with Gasteiger partial charge in [-0.1, -0.05) is 28.4 Å². The minimum atomic E-state index is -4.86. The van der Waals surface area contributed by atoms with Crippen molar-refractivity contribution >= 4 is 69.3 Å². The van der Waals surface area contributed by atoms with E-state index in [4.69, 9.17) is 42.5 Å². The number of esters is 1. The number of halogens is 5. The Kier molecular flexibility index (Phi) is 19.2. The van der Waals surface area contributed by atoms with Crippen molar-refractivity contribution in [1.82, 2.24) is 19.6 Å². The zero-order valence-electron chi connectivity index (χ0n) is 33.5. The predicted octanol–water partition coefficient (Wildman–Crippen LogP) is 4.27. The number of nitrogens with zero attached hydrogens (tertiary/aromatic N) is 3. The number of benzene rings is 2. The fourth-order valence-electron chi connectivity index (χ4n) is 4.72. The molecule has 25 heteroatoms. The highest BCUT2D eigenvalue weighted by atomic mass is 35.5. The van der Waals surface area contributed by atoms with E-state index in [2.05, 4.69) is 23.9 Å². The van der Waals surface area contributed by atoms with Crippen LogP contribution in [-0.4, -0.2) is 94.4 Å². The third-order valence-corrected chi connectivity index (χ3v) is 9.67. The number of aliphatic carboxylic acids is 1. The quantitative estimate of drug-likeness (QED) is 0.0821. The maximum absolute atomic E-state index is 12.9. The van der Waals surface area contributed by atoms with Crippen molar-refractivity contribution in [3.05, 3.63) is 108 Å². The number of ether oxygens (including phenoxy) is 1. The van der Waals surface area contributed by atoms with Crippen LogP contribution in [0.5, 0.6) is 0 Å². The Morgan fingerprint density at radius 1 is 1.07 bits per heavy atom. The van der Waals surface area contributed by atoms with Crippen LogP contribution in [0, 0.1) is 0 Å². The minimum Gasteiger partial charge on any atom is -0.778 e. The minimum absolute atomic E-state index is 0.0104. The number of rotatable bonds is 11. The highest BCUT2D eigenvalue weighted by Crippen LogP contribution is 2.42. The molecule has 61 heavy (non-hydrogen) atoms. The van der Waals surface area contributed by atoms with Crippen molar-refractivity contribution in [1.29, 1.82) is 0 Å². The van der Waals surface area contributed by atoms with Gasteiger partial charge < -0.3 is 28.7 Å². The summed E-state index contributed by atoms with van der Waals surface area (Å²) in [7, 11) is -6.38. The van der Waals surface area contributed by atoms with Crippen LogP contribution < -0.4 is 21.5 Å². The third kappa shape index (κ3) is 16.8. The number of hydrogen-bond acceptors (Lipinski definition) is 13. The molecule has 1 atom stereocenters. The summed E-state index contributed by atoms with van der Waals surface area (Å²) in [5.74, 6) is -1.62. The highest BCUT2D eigenvalue weighted by Gasteiger charge is 2.36. The van der Waals surface area contributed by atoms with Gasteiger partial charge in [0, 0.05) is 35.9 Å². The van der Waals surface area contributed by atoms with Gasteiger partial charge in [-0.2, -0.15) is 13.2 Å². The maximum atomic E-state index is 12.9. The molecule has 336 valence electrons. The number of ketones is 1. The van der Waals surface area contributed by atoms with Gasteiger partial charge in [0.25, 0.3) is 5.56 Å². The maximum Gasteiger partial charge on any atom is 0.431 e. The van der Waals surface area contributed by atoms with Gasteiger partial charge in [-0.05, 0) is 74.0 Å². The Morgan fingerprint density at radius 3 is 2.15 bits per heavy atom. The molecule has 5 rings (SSSR count).